The third-order valence-corrected chi connectivity index (χ3v) is 6.25. The minimum atomic E-state index is -0.441. The molecular formula is C22H41N5O2. The highest BCUT2D eigenvalue weighted by Gasteiger charge is 2.45. The Labute approximate surface area is 176 Å². The van der Waals surface area contributed by atoms with Crippen LogP contribution in [0.1, 0.15) is 66.2 Å². The first-order chi connectivity index (χ1) is 13.7. The van der Waals surface area contributed by atoms with Crippen molar-refractivity contribution in [2.24, 2.45) is 10.9 Å². The zero-order chi connectivity index (χ0) is 21.0. The van der Waals surface area contributed by atoms with Crippen molar-refractivity contribution in [3.05, 3.63) is 0 Å². The van der Waals surface area contributed by atoms with E-state index in [-0.39, 0.29) is 18.2 Å². The van der Waals surface area contributed by atoms with Gasteiger partial charge >= 0.3 is 6.09 Å². The fourth-order valence-electron chi connectivity index (χ4n) is 5.06. The van der Waals surface area contributed by atoms with E-state index in [2.05, 4.69) is 29.5 Å². The summed E-state index contributed by atoms with van der Waals surface area (Å²) >= 11 is 0. The minimum Gasteiger partial charge on any atom is -0.444 e. The number of nitrogens with one attached hydrogen (secondary N) is 2. The second-order valence-electron chi connectivity index (χ2n) is 10.1. The predicted octanol–water partition coefficient (Wildman–Crippen LogP) is 2.81. The lowest BCUT2D eigenvalue weighted by Crippen LogP contribution is -2.55. The fourth-order valence-corrected chi connectivity index (χ4v) is 5.06. The molecule has 3 atom stereocenters. The molecule has 7 heteroatoms. The van der Waals surface area contributed by atoms with E-state index < -0.39 is 5.60 Å². The fraction of sp³-hybridized carbons (Fsp3) is 0.909. The van der Waals surface area contributed by atoms with Gasteiger partial charge in [-0.15, -0.1) is 0 Å². The van der Waals surface area contributed by atoms with Crippen molar-refractivity contribution in [2.75, 3.05) is 33.2 Å². The first-order valence-electron chi connectivity index (χ1n) is 11.5. The van der Waals surface area contributed by atoms with E-state index in [1.807, 2.05) is 25.7 Å². The standard InChI is InChI=1S/C22H41N5O2/c1-6-23-20(24-14-16-8-7-11-26(5)15-16)25-17-12-18-9-10-19(13-17)27(18)21(28)29-22(2,3)4/h16-19H,6-15H2,1-5H3,(H2,23,24,25). The summed E-state index contributed by atoms with van der Waals surface area (Å²) < 4.78 is 5.65. The van der Waals surface area contributed by atoms with Crippen molar-refractivity contribution >= 4 is 12.1 Å². The topological polar surface area (TPSA) is 69.2 Å². The van der Waals surface area contributed by atoms with Crippen LogP contribution in [-0.4, -0.2) is 78.8 Å². The number of guanidine groups is 1. The zero-order valence-corrected chi connectivity index (χ0v) is 19.0. The average Bonchev–Trinajstić information content (AvgIpc) is 2.90. The van der Waals surface area contributed by atoms with Gasteiger partial charge in [0.1, 0.15) is 5.60 Å². The van der Waals surface area contributed by atoms with Crippen molar-refractivity contribution in [2.45, 2.75) is 89.9 Å². The summed E-state index contributed by atoms with van der Waals surface area (Å²) in [6, 6.07) is 0.907. The normalized spacial score (nSPS) is 30.9. The number of aliphatic imine (C=N–C) groups is 1. The van der Waals surface area contributed by atoms with Crippen LogP contribution in [0.2, 0.25) is 0 Å². The number of fused-ring (bicyclic) bond motifs is 2. The highest BCUT2D eigenvalue weighted by Crippen LogP contribution is 2.36. The third-order valence-electron chi connectivity index (χ3n) is 6.25. The molecule has 0 spiro atoms. The van der Waals surface area contributed by atoms with Crippen molar-refractivity contribution in [3.63, 3.8) is 0 Å². The number of amides is 1. The molecule has 29 heavy (non-hydrogen) atoms. The molecule has 3 saturated heterocycles. The van der Waals surface area contributed by atoms with Gasteiger partial charge in [-0.1, -0.05) is 0 Å². The Kier molecular flexibility index (Phi) is 7.30. The van der Waals surface area contributed by atoms with Gasteiger partial charge in [-0.2, -0.15) is 0 Å². The van der Waals surface area contributed by atoms with Crippen molar-refractivity contribution in [3.8, 4) is 0 Å². The summed E-state index contributed by atoms with van der Waals surface area (Å²) in [5, 5.41) is 7.08. The molecule has 0 radical (unpaired) electrons. The smallest absolute Gasteiger partial charge is 0.410 e. The number of hydrogen-bond donors (Lipinski definition) is 2. The van der Waals surface area contributed by atoms with E-state index in [9.17, 15) is 4.79 Å². The predicted molar refractivity (Wildman–Crippen MR) is 117 cm³/mol. The lowest BCUT2D eigenvalue weighted by atomic mass is 9.97. The second kappa shape index (κ2) is 9.54. The SMILES string of the molecule is CCNC(=NCC1CCCN(C)C1)NC1CC2CCC(C1)N2C(=O)OC(C)(C)C. The number of piperidine rings is 2. The van der Waals surface area contributed by atoms with Gasteiger partial charge in [0.2, 0.25) is 0 Å². The van der Waals surface area contributed by atoms with Crippen LogP contribution in [-0.2, 0) is 4.74 Å². The van der Waals surface area contributed by atoms with E-state index in [4.69, 9.17) is 9.73 Å². The molecule has 0 aliphatic carbocycles. The number of ether oxygens (including phenoxy) is 1. The number of carbonyl (C=O) groups is 1. The van der Waals surface area contributed by atoms with Crippen LogP contribution in [0.3, 0.4) is 0 Å². The molecule has 2 N–H and O–H groups in total. The van der Waals surface area contributed by atoms with Gasteiger partial charge in [-0.3, -0.25) is 4.99 Å². The summed E-state index contributed by atoms with van der Waals surface area (Å²) in [6.45, 7) is 12.0. The maximum Gasteiger partial charge on any atom is 0.410 e. The maximum absolute atomic E-state index is 12.7. The largest absolute Gasteiger partial charge is 0.444 e. The number of carbonyl (C=O) groups excluding carboxylic acids is 1. The molecule has 166 valence electrons. The van der Waals surface area contributed by atoms with E-state index >= 15 is 0 Å². The Morgan fingerprint density at radius 3 is 2.45 bits per heavy atom. The molecule has 0 aromatic rings. The van der Waals surface area contributed by atoms with Gasteiger partial charge in [-0.25, -0.2) is 4.79 Å². The van der Waals surface area contributed by atoms with Gasteiger partial charge in [0.05, 0.1) is 0 Å². The average molecular weight is 408 g/mol. The highest BCUT2D eigenvalue weighted by molar-refractivity contribution is 5.80. The number of nitrogens with zero attached hydrogens (tertiary/aromatic N) is 3. The molecule has 3 aliphatic rings. The Morgan fingerprint density at radius 1 is 1.17 bits per heavy atom. The van der Waals surface area contributed by atoms with Gasteiger partial charge in [0, 0.05) is 37.8 Å². The summed E-state index contributed by atoms with van der Waals surface area (Å²) in [6.07, 6.45) is 6.47. The molecule has 3 fully saturated rings. The number of likely N-dealkylation sites (tertiary alicyclic amines) is 1. The molecule has 3 rings (SSSR count). The molecule has 7 nitrogen and oxygen atoms in total. The van der Waals surface area contributed by atoms with Gasteiger partial charge < -0.3 is 25.2 Å². The van der Waals surface area contributed by atoms with Gasteiger partial charge in [0.25, 0.3) is 0 Å². The lowest BCUT2D eigenvalue weighted by Gasteiger charge is -2.40. The molecule has 3 unspecified atom stereocenters. The van der Waals surface area contributed by atoms with Crippen molar-refractivity contribution < 1.29 is 9.53 Å². The van der Waals surface area contributed by atoms with Crippen molar-refractivity contribution in [1.29, 1.82) is 0 Å². The minimum absolute atomic E-state index is 0.148. The van der Waals surface area contributed by atoms with Crippen molar-refractivity contribution in [1.82, 2.24) is 20.4 Å². The Morgan fingerprint density at radius 2 is 1.86 bits per heavy atom. The lowest BCUT2D eigenvalue weighted by molar-refractivity contribution is 0.00545. The highest BCUT2D eigenvalue weighted by atomic mass is 16.6. The second-order valence-corrected chi connectivity index (χ2v) is 10.1. The van der Waals surface area contributed by atoms with Crippen LogP contribution in [0, 0.1) is 5.92 Å². The van der Waals surface area contributed by atoms with Crippen LogP contribution >= 0.6 is 0 Å². The quantitative estimate of drug-likeness (QED) is 0.554. The first-order valence-corrected chi connectivity index (χ1v) is 11.5. The van der Waals surface area contributed by atoms with Gasteiger partial charge in [-0.05, 0) is 85.7 Å². The van der Waals surface area contributed by atoms with Crippen LogP contribution < -0.4 is 10.6 Å². The maximum atomic E-state index is 12.7. The summed E-state index contributed by atoms with van der Waals surface area (Å²) in [4.78, 5) is 22.0. The zero-order valence-electron chi connectivity index (χ0n) is 19.0. The molecule has 2 bridgehead atoms. The summed E-state index contributed by atoms with van der Waals surface area (Å²) in [5.74, 6) is 1.57. The van der Waals surface area contributed by atoms with Crippen LogP contribution in [0.4, 0.5) is 4.79 Å². The Bertz CT molecular complexity index is 574. The molecule has 3 aliphatic heterocycles. The van der Waals surface area contributed by atoms with E-state index in [1.54, 1.807) is 0 Å². The van der Waals surface area contributed by atoms with Crippen LogP contribution in [0.15, 0.2) is 4.99 Å². The third kappa shape index (κ3) is 6.24. The number of hydrogen-bond acceptors (Lipinski definition) is 4. The van der Waals surface area contributed by atoms with Crippen LogP contribution in [0.25, 0.3) is 0 Å². The first kappa shape index (κ1) is 22.2. The van der Waals surface area contributed by atoms with Gasteiger partial charge in [0.15, 0.2) is 5.96 Å². The Hall–Kier alpha value is -1.50. The molecule has 0 aromatic heterocycles. The summed E-state index contributed by atoms with van der Waals surface area (Å²) in [5.41, 5.74) is -0.441. The Balaban J connectivity index is 1.55. The van der Waals surface area contributed by atoms with E-state index in [0.717, 1.165) is 51.3 Å². The van der Waals surface area contributed by atoms with Crippen LogP contribution in [0.5, 0.6) is 0 Å². The monoisotopic (exact) mass is 407 g/mol. The van der Waals surface area contributed by atoms with E-state index in [0.29, 0.717) is 12.0 Å². The molecule has 3 heterocycles. The van der Waals surface area contributed by atoms with E-state index in [1.165, 1.54) is 19.4 Å². The summed E-state index contributed by atoms with van der Waals surface area (Å²) in [7, 11) is 2.20. The molecular weight excluding hydrogens is 366 g/mol. The molecule has 1 amide bonds. The number of rotatable bonds is 4. The molecule has 0 aromatic carbocycles. The molecule has 0 saturated carbocycles.